The fraction of sp³-hybridized carbons (Fsp3) is 0.0588. The maximum Gasteiger partial charge on any atom is 0.270 e. The van der Waals surface area contributed by atoms with Crippen molar-refractivity contribution in [2.75, 3.05) is 0 Å². The average molecular weight is 290 g/mol. The zero-order chi connectivity index (χ0) is 15.2. The van der Waals surface area contributed by atoms with Crippen LogP contribution in [0.15, 0.2) is 73.2 Å². The maximum absolute atomic E-state index is 12.4. The van der Waals surface area contributed by atoms with Crippen LogP contribution in [-0.4, -0.2) is 20.9 Å². The highest BCUT2D eigenvalue weighted by molar-refractivity contribution is 5.92. The Hall–Kier alpha value is -3.08. The van der Waals surface area contributed by atoms with Crippen LogP contribution in [0.2, 0.25) is 0 Å². The molecular formula is C17H14N4O. The van der Waals surface area contributed by atoms with Crippen LogP contribution in [0.3, 0.4) is 0 Å². The van der Waals surface area contributed by atoms with Gasteiger partial charge in [0.25, 0.3) is 5.91 Å². The molecule has 22 heavy (non-hydrogen) atoms. The second kappa shape index (κ2) is 6.58. The molecule has 3 heterocycles. The van der Waals surface area contributed by atoms with Crippen molar-refractivity contribution in [2.45, 2.75) is 6.04 Å². The van der Waals surface area contributed by atoms with Gasteiger partial charge in [0.05, 0.1) is 11.4 Å². The topological polar surface area (TPSA) is 67.8 Å². The smallest absolute Gasteiger partial charge is 0.270 e. The van der Waals surface area contributed by atoms with Gasteiger partial charge in [0, 0.05) is 18.6 Å². The summed E-state index contributed by atoms with van der Waals surface area (Å²) in [5.41, 5.74) is 1.82. The molecule has 0 fully saturated rings. The van der Waals surface area contributed by atoms with Crippen LogP contribution in [0.25, 0.3) is 0 Å². The molecule has 0 bridgehead atoms. The van der Waals surface area contributed by atoms with Crippen LogP contribution in [0, 0.1) is 0 Å². The Morgan fingerprint density at radius 1 is 0.773 bits per heavy atom. The highest BCUT2D eigenvalue weighted by Gasteiger charge is 2.20. The molecule has 108 valence electrons. The van der Waals surface area contributed by atoms with Gasteiger partial charge < -0.3 is 5.32 Å². The molecule has 0 saturated heterocycles. The monoisotopic (exact) mass is 290 g/mol. The summed E-state index contributed by atoms with van der Waals surface area (Å²) in [6.45, 7) is 0. The summed E-state index contributed by atoms with van der Waals surface area (Å²) in [5.74, 6) is -0.262. The number of nitrogens with one attached hydrogen (secondary N) is 1. The highest BCUT2D eigenvalue weighted by Crippen LogP contribution is 2.18. The van der Waals surface area contributed by atoms with Gasteiger partial charge in [-0.15, -0.1) is 0 Å². The standard InChI is InChI=1S/C17H14N4O/c22-17(15-9-3-6-12-20-15)21-16(13-7-1-4-10-18-13)14-8-2-5-11-19-14/h1-12,16H,(H,21,22). The van der Waals surface area contributed by atoms with Crippen LogP contribution in [-0.2, 0) is 0 Å². The highest BCUT2D eigenvalue weighted by atomic mass is 16.1. The number of carbonyl (C=O) groups is 1. The molecule has 5 heteroatoms. The Balaban J connectivity index is 1.91. The summed E-state index contributed by atoms with van der Waals surface area (Å²) < 4.78 is 0. The van der Waals surface area contributed by atoms with E-state index in [2.05, 4.69) is 20.3 Å². The second-order valence-electron chi connectivity index (χ2n) is 4.63. The SMILES string of the molecule is O=C(NC(c1ccccn1)c1ccccn1)c1ccccn1. The fourth-order valence-electron chi connectivity index (χ4n) is 2.09. The van der Waals surface area contributed by atoms with E-state index in [0.717, 1.165) is 11.4 Å². The minimum atomic E-state index is -0.420. The number of nitrogens with zero attached hydrogens (tertiary/aromatic N) is 3. The van der Waals surface area contributed by atoms with Gasteiger partial charge in [-0.25, -0.2) is 0 Å². The molecule has 3 aromatic rings. The Bertz CT molecular complexity index is 693. The number of rotatable bonds is 4. The van der Waals surface area contributed by atoms with E-state index in [1.54, 1.807) is 36.8 Å². The lowest BCUT2D eigenvalue weighted by atomic mass is 10.1. The molecule has 0 atom stereocenters. The van der Waals surface area contributed by atoms with Gasteiger partial charge in [-0.3, -0.25) is 19.7 Å². The van der Waals surface area contributed by atoms with Crippen molar-refractivity contribution in [3.05, 3.63) is 90.3 Å². The van der Waals surface area contributed by atoms with Crippen molar-refractivity contribution in [1.82, 2.24) is 20.3 Å². The molecule has 0 unspecified atom stereocenters. The number of carbonyl (C=O) groups excluding carboxylic acids is 1. The first-order chi connectivity index (χ1) is 10.8. The summed E-state index contributed by atoms with van der Waals surface area (Å²) in [5, 5.41) is 2.94. The van der Waals surface area contributed by atoms with E-state index in [4.69, 9.17) is 0 Å². The molecule has 1 N–H and O–H groups in total. The van der Waals surface area contributed by atoms with Crippen LogP contribution in [0.1, 0.15) is 27.9 Å². The first kappa shape index (κ1) is 13.9. The van der Waals surface area contributed by atoms with Gasteiger partial charge in [0.15, 0.2) is 0 Å². The summed E-state index contributed by atoms with van der Waals surface area (Å²) in [6, 6.07) is 15.9. The third-order valence-corrected chi connectivity index (χ3v) is 3.14. The van der Waals surface area contributed by atoms with E-state index in [-0.39, 0.29) is 5.91 Å². The Labute approximate surface area is 128 Å². The molecule has 1 amide bonds. The first-order valence-corrected chi connectivity index (χ1v) is 6.88. The average Bonchev–Trinajstić information content (AvgIpc) is 2.62. The summed E-state index contributed by atoms with van der Waals surface area (Å²) in [7, 11) is 0. The molecule has 3 aromatic heterocycles. The largest absolute Gasteiger partial charge is 0.337 e. The zero-order valence-corrected chi connectivity index (χ0v) is 11.8. The Morgan fingerprint density at radius 3 is 1.77 bits per heavy atom. The van der Waals surface area contributed by atoms with Gasteiger partial charge in [0.2, 0.25) is 0 Å². The van der Waals surface area contributed by atoms with E-state index in [0.29, 0.717) is 5.69 Å². The quantitative estimate of drug-likeness (QED) is 0.801. The predicted octanol–water partition coefficient (Wildman–Crippen LogP) is 2.39. The lowest BCUT2D eigenvalue weighted by molar-refractivity contribution is 0.0936. The first-order valence-electron chi connectivity index (χ1n) is 6.88. The van der Waals surface area contributed by atoms with Crippen LogP contribution in [0.5, 0.6) is 0 Å². The zero-order valence-electron chi connectivity index (χ0n) is 11.8. The fourth-order valence-corrected chi connectivity index (χ4v) is 2.09. The molecule has 5 nitrogen and oxygen atoms in total. The van der Waals surface area contributed by atoms with Gasteiger partial charge >= 0.3 is 0 Å². The summed E-state index contributed by atoms with van der Waals surface area (Å²) in [6.07, 6.45) is 4.97. The van der Waals surface area contributed by atoms with E-state index in [9.17, 15) is 4.79 Å². The molecule has 0 saturated carbocycles. The van der Waals surface area contributed by atoms with Crippen LogP contribution < -0.4 is 5.32 Å². The van der Waals surface area contributed by atoms with Crippen molar-refractivity contribution in [1.29, 1.82) is 0 Å². The minimum Gasteiger partial charge on any atom is -0.337 e. The number of amides is 1. The van der Waals surface area contributed by atoms with Crippen LogP contribution >= 0.6 is 0 Å². The van der Waals surface area contributed by atoms with E-state index in [1.165, 1.54) is 0 Å². The summed E-state index contributed by atoms with van der Waals surface area (Å²) in [4.78, 5) is 25.1. The number of aromatic nitrogens is 3. The number of hydrogen-bond donors (Lipinski definition) is 1. The van der Waals surface area contributed by atoms with Gasteiger partial charge in [0.1, 0.15) is 11.7 Å². The number of pyridine rings is 3. The number of hydrogen-bond acceptors (Lipinski definition) is 4. The van der Waals surface area contributed by atoms with Crippen LogP contribution in [0.4, 0.5) is 0 Å². The lowest BCUT2D eigenvalue weighted by Crippen LogP contribution is -2.31. The Morgan fingerprint density at radius 2 is 1.32 bits per heavy atom. The van der Waals surface area contributed by atoms with E-state index < -0.39 is 6.04 Å². The third kappa shape index (κ3) is 3.15. The summed E-state index contributed by atoms with van der Waals surface area (Å²) >= 11 is 0. The minimum absolute atomic E-state index is 0.262. The molecular weight excluding hydrogens is 276 g/mol. The van der Waals surface area contributed by atoms with Crippen molar-refractivity contribution < 1.29 is 4.79 Å². The molecule has 0 aromatic carbocycles. The van der Waals surface area contributed by atoms with Gasteiger partial charge in [-0.05, 0) is 36.4 Å². The molecule has 0 aliphatic carbocycles. The van der Waals surface area contributed by atoms with Crippen molar-refractivity contribution in [3.63, 3.8) is 0 Å². The second-order valence-corrected chi connectivity index (χ2v) is 4.63. The molecule has 3 rings (SSSR count). The lowest BCUT2D eigenvalue weighted by Gasteiger charge is -2.17. The van der Waals surface area contributed by atoms with Crippen molar-refractivity contribution >= 4 is 5.91 Å². The van der Waals surface area contributed by atoms with E-state index in [1.807, 2.05) is 36.4 Å². The van der Waals surface area contributed by atoms with Gasteiger partial charge in [-0.1, -0.05) is 18.2 Å². The predicted molar refractivity (Wildman–Crippen MR) is 82.0 cm³/mol. The van der Waals surface area contributed by atoms with Crippen molar-refractivity contribution in [3.8, 4) is 0 Å². The van der Waals surface area contributed by atoms with Crippen molar-refractivity contribution in [2.24, 2.45) is 0 Å². The molecule has 0 aliphatic heterocycles. The maximum atomic E-state index is 12.4. The third-order valence-electron chi connectivity index (χ3n) is 3.14. The normalized spacial score (nSPS) is 10.4. The van der Waals surface area contributed by atoms with Gasteiger partial charge in [-0.2, -0.15) is 0 Å². The Kier molecular flexibility index (Phi) is 4.15. The molecule has 0 aliphatic rings. The molecule has 0 spiro atoms. The molecule has 0 radical (unpaired) electrons. The van der Waals surface area contributed by atoms with E-state index >= 15 is 0 Å².